The van der Waals surface area contributed by atoms with Crippen molar-refractivity contribution >= 4 is 44.9 Å². The van der Waals surface area contributed by atoms with Crippen LogP contribution in [0, 0.1) is 0 Å². The van der Waals surface area contributed by atoms with E-state index >= 15 is 0 Å². The molecule has 5 aromatic rings. The smallest absolute Gasteiger partial charge is 0.338 e. The fourth-order valence-corrected chi connectivity index (χ4v) is 6.73. The molecule has 0 aliphatic carbocycles. The molecule has 0 radical (unpaired) electrons. The zero-order valence-corrected chi connectivity index (χ0v) is 25.3. The largest absolute Gasteiger partial charge is 0.497 e. The minimum absolute atomic E-state index is 0.178. The summed E-state index contributed by atoms with van der Waals surface area (Å²) in [7, 11) is 4.81. The molecule has 0 N–H and O–H groups in total. The number of rotatable bonds is 7. The number of hydrogen-bond donors (Lipinski definition) is 0. The molecule has 2 heterocycles. The van der Waals surface area contributed by atoms with Gasteiger partial charge in [0.2, 0.25) is 0 Å². The Morgan fingerprint density at radius 3 is 2.37 bits per heavy atom. The van der Waals surface area contributed by atoms with Gasteiger partial charge in [0, 0.05) is 10.9 Å². The number of fused-ring (bicyclic) bond motifs is 3. The zero-order valence-electron chi connectivity index (χ0n) is 24.5. The average molecular weight is 595 g/mol. The Labute approximate surface area is 251 Å². The number of carbonyl (C=O) groups is 1. The van der Waals surface area contributed by atoms with Gasteiger partial charge in [-0.05, 0) is 65.9 Å². The van der Waals surface area contributed by atoms with E-state index in [-0.39, 0.29) is 17.7 Å². The number of thiazole rings is 1. The fraction of sp³-hybridized carbons (Fsp3) is 0.206. The lowest BCUT2D eigenvalue weighted by atomic mass is 9.90. The second kappa shape index (κ2) is 11.4. The maximum absolute atomic E-state index is 14.4. The first kappa shape index (κ1) is 28.2. The highest BCUT2D eigenvalue weighted by Gasteiger charge is 2.36. The number of aromatic nitrogens is 1. The highest BCUT2D eigenvalue weighted by molar-refractivity contribution is 7.07. The van der Waals surface area contributed by atoms with Gasteiger partial charge in [0.1, 0.15) is 23.3 Å². The Balaban J connectivity index is 1.67. The lowest BCUT2D eigenvalue weighted by molar-refractivity contribution is -0.139. The van der Waals surface area contributed by atoms with E-state index in [4.69, 9.17) is 23.9 Å². The van der Waals surface area contributed by atoms with Crippen molar-refractivity contribution in [3.05, 3.63) is 109 Å². The van der Waals surface area contributed by atoms with E-state index in [1.807, 2.05) is 72.8 Å². The number of benzene rings is 4. The summed E-state index contributed by atoms with van der Waals surface area (Å²) in [6.45, 7) is 3.70. The van der Waals surface area contributed by atoms with Crippen LogP contribution in [0.1, 0.15) is 31.0 Å². The summed E-state index contributed by atoms with van der Waals surface area (Å²) in [6, 6.07) is 20.4. The molecule has 1 unspecified atom stereocenters. The Hall–Kier alpha value is -4.89. The number of methoxy groups -OCH3 is 3. The van der Waals surface area contributed by atoms with Crippen molar-refractivity contribution in [1.82, 2.24) is 4.57 Å². The topological polar surface area (TPSA) is 88.4 Å². The van der Waals surface area contributed by atoms with Gasteiger partial charge < -0.3 is 18.9 Å². The van der Waals surface area contributed by atoms with E-state index < -0.39 is 12.0 Å². The summed E-state index contributed by atoms with van der Waals surface area (Å²) in [5.74, 6) is 1.38. The molecule has 6 rings (SSSR count). The summed E-state index contributed by atoms with van der Waals surface area (Å²) < 4.78 is 24.5. The standard InChI is InChI=1S/C34H30N2O6S/c1-6-42-33(38)29-19(2)35-34-36(31(29)30-25-18-22(39-3)14-11-20(25)12-16-27(30)41-5)32(37)28(43-34)17-21-13-15-26(40-4)24-10-8-7-9-23(21)24/h7-18,31H,6H2,1-5H3. The van der Waals surface area contributed by atoms with Crippen LogP contribution in [0.25, 0.3) is 27.6 Å². The number of ether oxygens (including phenoxy) is 4. The van der Waals surface area contributed by atoms with Crippen LogP contribution in [0.4, 0.5) is 0 Å². The second-order valence-electron chi connectivity index (χ2n) is 9.97. The van der Waals surface area contributed by atoms with Gasteiger partial charge in [-0.1, -0.05) is 53.8 Å². The highest BCUT2D eigenvalue weighted by Crippen LogP contribution is 2.41. The molecule has 0 fully saturated rings. The minimum Gasteiger partial charge on any atom is -0.497 e. The monoisotopic (exact) mass is 594 g/mol. The van der Waals surface area contributed by atoms with Gasteiger partial charge in [0.15, 0.2) is 4.80 Å². The summed E-state index contributed by atoms with van der Waals surface area (Å²) in [4.78, 5) is 33.1. The van der Waals surface area contributed by atoms with Gasteiger partial charge >= 0.3 is 5.97 Å². The second-order valence-corrected chi connectivity index (χ2v) is 11.0. The summed E-state index contributed by atoms with van der Waals surface area (Å²) in [5, 5.41) is 3.59. The molecule has 8 nitrogen and oxygen atoms in total. The minimum atomic E-state index is -0.851. The molecule has 4 aromatic carbocycles. The van der Waals surface area contributed by atoms with Crippen molar-refractivity contribution in [2.75, 3.05) is 27.9 Å². The maximum Gasteiger partial charge on any atom is 0.338 e. The van der Waals surface area contributed by atoms with Gasteiger partial charge in [0.05, 0.1) is 43.7 Å². The first-order valence-electron chi connectivity index (χ1n) is 13.8. The van der Waals surface area contributed by atoms with Crippen molar-refractivity contribution in [3.8, 4) is 17.2 Å². The third kappa shape index (κ3) is 4.75. The van der Waals surface area contributed by atoms with Crippen molar-refractivity contribution in [2.45, 2.75) is 19.9 Å². The number of esters is 1. The van der Waals surface area contributed by atoms with Crippen LogP contribution in [0.15, 0.2) is 87.8 Å². The van der Waals surface area contributed by atoms with Crippen LogP contribution < -0.4 is 29.1 Å². The molecule has 1 aliphatic heterocycles. The molecule has 0 saturated heterocycles. The molecule has 43 heavy (non-hydrogen) atoms. The Kier molecular flexibility index (Phi) is 7.50. The molecule has 1 atom stereocenters. The zero-order chi connectivity index (χ0) is 30.2. The predicted octanol–water partition coefficient (Wildman–Crippen LogP) is 5.13. The first-order chi connectivity index (χ1) is 20.9. The molecular formula is C34H30N2O6S. The van der Waals surface area contributed by atoms with Crippen molar-refractivity contribution in [1.29, 1.82) is 0 Å². The predicted molar refractivity (Wildman–Crippen MR) is 168 cm³/mol. The molecule has 218 valence electrons. The molecule has 9 heteroatoms. The van der Waals surface area contributed by atoms with Gasteiger partial charge in [-0.2, -0.15) is 0 Å². The van der Waals surface area contributed by atoms with E-state index in [1.54, 1.807) is 39.7 Å². The van der Waals surface area contributed by atoms with E-state index in [0.29, 0.717) is 32.1 Å². The van der Waals surface area contributed by atoms with E-state index in [9.17, 15) is 9.59 Å². The van der Waals surface area contributed by atoms with Gasteiger partial charge in [-0.15, -0.1) is 0 Å². The molecule has 0 bridgehead atoms. The molecule has 1 aromatic heterocycles. The Morgan fingerprint density at radius 2 is 1.65 bits per heavy atom. The number of allylic oxidation sites excluding steroid dienone is 1. The van der Waals surface area contributed by atoms with E-state index in [1.165, 1.54) is 11.3 Å². The number of nitrogens with zero attached hydrogens (tertiary/aromatic N) is 2. The third-order valence-electron chi connectivity index (χ3n) is 7.67. The lowest BCUT2D eigenvalue weighted by Crippen LogP contribution is -2.40. The fourth-order valence-electron chi connectivity index (χ4n) is 5.69. The quantitative estimate of drug-likeness (QED) is 0.243. The molecule has 0 amide bonds. The van der Waals surface area contributed by atoms with Gasteiger partial charge in [-0.25, -0.2) is 9.79 Å². The maximum atomic E-state index is 14.4. The SMILES string of the molecule is CCOC(=O)C1=C(C)N=c2sc(=Cc3ccc(OC)c4ccccc34)c(=O)n2C1c1c(OC)ccc2ccc(OC)cc12. The van der Waals surface area contributed by atoms with Gasteiger partial charge in [0.25, 0.3) is 5.56 Å². The molecular weight excluding hydrogens is 564 g/mol. The number of carbonyl (C=O) groups excluding carboxylic acids is 1. The van der Waals surface area contributed by atoms with Crippen LogP contribution >= 0.6 is 11.3 Å². The summed E-state index contributed by atoms with van der Waals surface area (Å²) >= 11 is 1.28. The van der Waals surface area contributed by atoms with Crippen molar-refractivity contribution in [3.63, 3.8) is 0 Å². The lowest BCUT2D eigenvalue weighted by Gasteiger charge is -2.27. The Bertz CT molecular complexity index is 2120. The van der Waals surface area contributed by atoms with Crippen LogP contribution in [0.3, 0.4) is 0 Å². The summed E-state index contributed by atoms with van der Waals surface area (Å²) in [6.07, 6.45) is 1.87. The van der Waals surface area contributed by atoms with Crippen LogP contribution in [-0.2, 0) is 9.53 Å². The first-order valence-corrected chi connectivity index (χ1v) is 14.6. The third-order valence-corrected chi connectivity index (χ3v) is 8.65. The summed E-state index contributed by atoms with van der Waals surface area (Å²) in [5.41, 5.74) is 2.01. The van der Waals surface area contributed by atoms with Crippen LogP contribution in [0.2, 0.25) is 0 Å². The molecule has 0 spiro atoms. The highest BCUT2D eigenvalue weighted by atomic mass is 32.1. The average Bonchev–Trinajstić information content (AvgIpc) is 3.33. The van der Waals surface area contributed by atoms with E-state index in [0.717, 1.165) is 32.9 Å². The van der Waals surface area contributed by atoms with E-state index in [2.05, 4.69) is 0 Å². The van der Waals surface area contributed by atoms with Gasteiger partial charge in [-0.3, -0.25) is 9.36 Å². The molecule has 0 saturated carbocycles. The Morgan fingerprint density at radius 1 is 0.930 bits per heavy atom. The number of hydrogen-bond acceptors (Lipinski definition) is 8. The van der Waals surface area contributed by atoms with Crippen molar-refractivity contribution < 1.29 is 23.7 Å². The van der Waals surface area contributed by atoms with Crippen molar-refractivity contribution in [2.24, 2.45) is 4.99 Å². The van der Waals surface area contributed by atoms with Crippen LogP contribution in [-0.4, -0.2) is 38.5 Å². The molecule has 1 aliphatic rings. The normalized spacial score (nSPS) is 14.9. The van der Waals surface area contributed by atoms with Crippen LogP contribution in [0.5, 0.6) is 17.2 Å².